The Morgan fingerprint density at radius 3 is 2.50 bits per heavy atom. The first-order chi connectivity index (χ1) is 16.2. The van der Waals surface area contributed by atoms with Gasteiger partial charge in [-0.25, -0.2) is 4.98 Å². The molecular weight excluding hydrogens is 453 g/mol. The molecule has 2 aliphatic rings. The highest BCUT2D eigenvalue weighted by molar-refractivity contribution is 5.58. The van der Waals surface area contributed by atoms with Gasteiger partial charge in [0, 0.05) is 18.2 Å². The topological polar surface area (TPSA) is 119 Å². The number of halogens is 3. The number of benzene rings is 1. The largest absolute Gasteiger partial charge is 0.573 e. The van der Waals surface area contributed by atoms with E-state index in [1.165, 1.54) is 24.6 Å². The number of anilines is 2. The normalized spacial score (nSPS) is 21.0. The number of nitrogens with zero attached hydrogens (tertiary/aromatic N) is 4. The zero-order chi connectivity index (χ0) is 24.3. The monoisotopic (exact) mass is 480 g/mol. The highest BCUT2D eigenvalue weighted by Gasteiger charge is 2.33. The van der Waals surface area contributed by atoms with E-state index in [4.69, 9.17) is 5.73 Å². The van der Waals surface area contributed by atoms with Crippen LogP contribution in [0.2, 0.25) is 0 Å². The molecule has 0 atom stereocenters. The molecule has 0 unspecified atom stereocenters. The quantitative estimate of drug-likeness (QED) is 0.424. The Morgan fingerprint density at radius 2 is 1.88 bits per heavy atom. The van der Waals surface area contributed by atoms with E-state index in [0.717, 1.165) is 38.8 Å². The maximum absolute atomic E-state index is 12.7. The first-order valence-electron chi connectivity index (χ1n) is 11.3. The van der Waals surface area contributed by atoms with Gasteiger partial charge in [0.2, 0.25) is 11.8 Å². The van der Waals surface area contributed by atoms with E-state index in [2.05, 4.69) is 24.9 Å². The number of aromatic nitrogens is 2. The van der Waals surface area contributed by atoms with Gasteiger partial charge in [0.25, 0.3) is 0 Å². The molecule has 3 N–H and O–H groups in total. The van der Waals surface area contributed by atoms with E-state index < -0.39 is 11.3 Å². The Hall–Kier alpha value is -3.15. The van der Waals surface area contributed by atoms with Crippen LogP contribution in [-0.2, 0) is 13.0 Å². The summed E-state index contributed by atoms with van der Waals surface area (Å²) < 4.78 is 42.1. The van der Waals surface area contributed by atoms with Crippen molar-refractivity contribution in [3.8, 4) is 5.75 Å². The standard InChI is InChI=1S/C22H27F3N6O3/c23-22(24,25)34-18-5-2-1-4-15(18)13-27-21-28-17(19(31(32)33)20(26)29-21)12-14-6-8-16(9-7-14)30-10-3-11-30/h1-2,4-5,14,16H,3,6-13H2,(H3,26,27,28,29)/t14-,16-. The second kappa shape index (κ2) is 10.00. The molecule has 1 saturated heterocycles. The minimum Gasteiger partial charge on any atom is -0.405 e. The molecule has 1 saturated carbocycles. The van der Waals surface area contributed by atoms with Crippen LogP contribution in [0.25, 0.3) is 0 Å². The molecule has 0 spiro atoms. The predicted octanol–water partition coefficient (Wildman–Crippen LogP) is 4.28. The van der Waals surface area contributed by atoms with E-state index in [0.29, 0.717) is 12.5 Å². The second-order valence-corrected chi connectivity index (χ2v) is 8.76. The highest BCUT2D eigenvalue weighted by Crippen LogP contribution is 2.35. The molecule has 184 valence electrons. The lowest BCUT2D eigenvalue weighted by Crippen LogP contribution is -2.46. The molecule has 9 nitrogen and oxygen atoms in total. The van der Waals surface area contributed by atoms with Crippen LogP contribution in [0.3, 0.4) is 0 Å². The van der Waals surface area contributed by atoms with Crippen LogP contribution in [0.5, 0.6) is 5.75 Å². The number of hydrogen-bond donors (Lipinski definition) is 2. The molecule has 0 amide bonds. The summed E-state index contributed by atoms with van der Waals surface area (Å²) in [6, 6.07) is 6.27. The van der Waals surface area contributed by atoms with Gasteiger partial charge in [0.15, 0.2) is 0 Å². The molecule has 1 aliphatic heterocycles. The van der Waals surface area contributed by atoms with E-state index >= 15 is 0 Å². The van der Waals surface area contributed by atoms with Crippen LogP contribution >= 0.6 is 0 Å². The molecule has 12 heteroatoms. The third kappa shape index (κ3) is 5.85. The molecule has 0 bridgehead atoms. The minimum atomic E-state index is -4.83. The summed E-state index contributed by atoms with van der Waals surface area (Å²) in [6.45, 7) is 2.22. The summed E-state index contributed by atoms with van der Waals surface area (Å²) >= 11 is 0. The van der Waals surface area contributed by atoms with Crippen molar-refractivity contribution in [3.05, 3.63) is 45.6 Å². The van der Waals surface area contributed by atoms with Crippen molar-refractivity contribution in [3.63, 3.8) is 0 Å². The van der Waals surface area contributed by atoms with Crippen molar-refractivity contribution in [1.82, 2.24) is 14.9 Å². The van der Waals surface area contributed by atoms with Gasteiger partial charge in [0.05, 0.1) is 4.92 Å². The smallest absolute Gasteiger partial charge is 0.405 e. The zero-order valence-electron chi connectivity index (χ0n) is 18.6. The molecule has 2 heterocycles. The SMILES string of the molecule is Nc1nc(NCc2ccccc2OC(F)(F)F)nc(C[C@H]2CC[C@H](N3CCC3)CC2)c1[N+](=O)[O-]. The van der Waals surface area contributed by atoms with Crippen molar-refractivity contribution >= 4 is 17.5 Å². The molecule has 1 aromatic carbocycles. The number of alkyl halides is 3. The minimum absolute atomic E-state index is 0.0224. The average Bonchev–Trinajstić information content (AvgIpc) is 2.71. The molecule has 0 radical (unpaired) electrons. The fourth-order valence-corrected chi connectivity index (χ4v) is 4.68. The number of rotatable bonds is 8. The Bertz CT molecular complexity index is 1020. The fraction of sp³-hybridized carbons (Fsp3) is 0.545. The van der Waals surface area contributed by atoms with E-state index in [1.54, 1.807) is 6.07 Å². The molecule has 1 aromatic heterocycles. The van der Waals surface area contributed by atoms with Crippen LogP contribution in [0, 0.1) is 16.0 Å². The molecule has 1 aliphatic carbocycles. The Balaban J connectivity index is 1.47. The third-order valence-electron chi connectivity index (χ3n) is 6.51. The van der Waals surface area contributed by atoms with Gasteiger partial charge in [-0.3, -0.25) is 10.1 Å². The van der Waals surface area contributed by atoms with Gasteiger partial charge in [-0.15, -0.1) is 13.2 Å². The second-order valence-electron chi connectivity index (χ2n) is 8.76. The maximum atomic E-state index is 12.7. The van der Waals surface area contributed by atoms with E-state index in [-0.39, 0.29) is 46.9 Å². The first-order valence-corrected chi connectivity index (χ1v) is 11.3. The van der Waals surface area contributed by atoms with Crippen molar-refractivity contribution < 1.29 is 22.8 Å². The molecule has 2 aromatic rings. The zero-order valence-corrected chi connectivity index (χ0v) is 18.6. The Kier molecular flexibility index (Phi) is 7.05. The van der Waals surface area contributed by atoms with Gasteiger partial charge < -0.3 is 20.7 Å². The Morgan fingerprint density at radius 1 is 1.18 bits per heavy atom. The lowest BCUT2D eigenvalue weighted by Gasteiger charge is -2.42. The van der Waals surface area contributed by atoms with Crippen molar-refractivity contribution in [2.24, 2.45) is 5.92 Å². The summed E-state index contributed by atoms with van der Waals surface area (Å²) in [5.74, 6) is -0.350. The lowest BCUT2D eigenvalue weighted by molar-refractivity contribution is -0.385. The number of likely N-dealkylation sites (tertiary alicyclic amines) is 1. The van der Waals surface area contributed by atoms with Gasteiger partial charge in [0.1, 0.15) is 11.4 Å². The van der Waals surface area contributed by atoms with Gasteiger partial charge in [-0.05, 0) is 63.6 Å². The fourth-order valence-electron chi connectivity index (χ4n) is 4.68. The van der Waals surface area contributed by atoms with Crippen molar-refractivity contribution in [2.45, 2.75) is 57.5 Å². The molecular formula is C22H27F3N6O3. The summed E-state index contributed by atoms with van der Waals surface area (Å²) in [4.78, 5) is 21.8. The maximum Gasteiger partial charge on any atom is 0.573 e. The van der Waals surface area contributed by atoms with Crippen LogP contribution in [0.1, 0.15) is 43.4 Å². The summed E-state index contributed by atoms with van der Waals surface area (Å²) in [7, 11) is 0. The van der Waals surface area contributed by atoms with Gasteiger partial charge >= 0.3 is 12.0 Å². The van der Waals surface area contributed by atoms with Crippen molar-refractivity contribution in [2.75, 3.05) is 24.1 Å². The Labute approximate surface area is 194 Å². The number of hydrogen-bond acceptors (Lipinski definition) is 8. The highest BCUT2D eigenvalue weighted by atomic mass is 19.4. The average molecular weight is 480 g/mol. The van der Waals surface area contributed by atoms with E-state index in [1.807, 2.05) is 0 Å². The molecule has 34 heavy (non-hydrogen) atoms. The lowest BCUT2D eigenvalue weighted by atomic mass is 9.82. The summed E-state index contributed by atoms with van der Waals surface area (Å²) in [5, 5.41) is 14.5. The number of nitro groups is 1. The first kappa shape index (κ1) is 24.0. The third-order valence-corrected chi connectivity index (χ3v) is 6.51. The number of nitrogens with two attached hydrogens (primary N) is 1. The summed E-state index contributed by atoms with van der Waals surface area (Å²) in [5.41, 5.74) is 6.05. The van der Waals surface area contributed by atoms with Crippen LogP contribution < -0.4 is 15.8 Å². The molecule has 4 rings (SSSR count). The van der Waals surface area contributed by atoms with Crippen LogP contribution in [0.15, 0.2) is 24.3 Å². The molecule has 2 fully saturated rings. The van der Waals surface area contributed by atoms with Gasteiger partial charge in [-0.2, -0.15) is 4.98 Å². The van der Waals surface area contributed by atoms with Crippen LogP contribution in [-0.4, -0.2) is 45.3 Å². The number of nitrogens with one attached hydrogen (secondary N) is 1. The summed E-state index contributed by atoms with van der Waals surface area (Å²) in [6.07, 6.45) is 0.833. The van der Waals surface area contributed by atoms with Crippen molar-refractivity contribution in [1.29, 1.82) is 0 Å². The number of ether oxygens (including phenoxy) is 1. The van der Waals surface area contributed by atoms with E-state index in [9.17, 15) is 23.3 Å². The number of nitrogen functional groups attached to an aromatic ring is 1. The predicted molar refractivity (Wildman–Crippen MR) is 119 cm³/mol. The number of para-hydroxylation sites is 1. The van der Waals surface area contributed by atoms with Crippen LogP contribution in [0.4, 0.5) is 30.6 Å². The van der Waals surface area contributed by atoms with Gasteiger partial charge in [-0.1, -0.05) is 18.2 Å².